The number of imidazole rings is 1. The maximum Gasteiger partial charge on any atom is 0.214 e. The molecule has 0 amide bonds. The lowest BCUT2D eigenvalue weighted by molar-refractivity contribution is 0.394. The van der Waals surface area contributed by atoms with Crippen LogP contribution in [0.3, 0.4) is 0 Å². The van der Waals surface area contributed by atoms with Crippen molar-refractivity contribution in [3.63, 3.8) is 0 Å². The Morgan fingerprint density at radius 1 is 1.14 bits per heavy atom. The molecular weight excluding hydrogens is 374 g/mol. The van der Waals surface area contributed by atoms with Crippen LogP contribution in [-0.2, 0) is 5.41 Å². The van der Waals surface area contributed by atoms with Crippen LogP contribution in [0.15, 0.2) is 24.4 Å². The average molecular weight is 402 g/mol. The fraction of sp³-hybridized carbons (Fsp3) is 0.500. The predicted octanol–water partition coefficient (Wildman–Crippen LogP) is 3.80. The third-order valence-corrected chi connectivity index (χ3v) is 5.88. The summed E-state index contributed by atoms with van der Waals surface area (Å²) in [4.78, 5) is 8.00. The van der Waals surface area contributed by atoms with Gasteiger partial charge in [0.2, 0.25) is 10.1 Å². The van der Waals surface area contributed by atoms with Crippen LogP contribution in [0, 0.1) is 0 Å². The maximum absolute atomic E-state index is 5.40. The molecule has 1 aromatic carbocycles. The lowest BCUT2D eigenvalue weighted by Crippen LogP contribution is -2.26. The summed E-state index contributed by atoms with van der Waals surface area (Å²) in [5.41, 5.74) is 2.21. The van der Waals surface area contributed by atoms with E-state index in [2.05, 4.69) is 48.2 Å². The molecule has 8 heteroatoms. The van der Waals surface area contributed by atoms with Crippen molar-refractivity contribution in [1.29, 1.82) is 0 Å². The molecule has 0 spiro atoms. The molecule has 0 saturated carbocycles. The van der Waals surface area contributed by atoms with Crippen LogP contribution in [0.25, 0.3) is 4.96 Å². The molecule has 2 aromatic heterocycles. The van der Waals surface area contributed by atoms with Gasteiger partial charge in [0, 0.05) is 48.4 Å². The molecule has 0 radical (unpaired) electrons. The van der Waals surface area contributed by atoms with Gasteiger partial charge in [-0.25, -0.2) is 9.50 Å². The summed E-state index contributed by atoms with van der Waals surface area (Å²) in [6, 6.07) is 6.34. The van der Waals surface area contributed by atoms with Crippen molar-refractivity contribution >= 4 is 27.1 Å². The molecule has 3 heterocycles. The zero-order valence-electron chi connectivity index (χ0n) is 17.0. The first kappa shape index (κ1) is 18.9. The Hall–Kier alpha value is -2.48. The van der Waals surface area contributed by atoms with Gasteiger partial charge in [0.25, 0.3) is 0 Å². The largest absolute Gasteiger partial charge is 0.497 e. The number of nitrogens with one attached hydrogen (secondary N) is 1. The van der Waals surface area contributed by atoms with E-state index in [1.165, 1.54) is 0 Å². The second kappa shape index (κ2) is 7.16. The minimum Gasteiger partial charge on any atom is -0.497 e. The summed E-state index contributed by atoms with van der Waals surface area (Å²) in [5.74, 6) is 1.61. The van der Waals surface area contributed by atoms with Gasteiger partial charge in [0.15, 0.2) is 0 Å². The number of hydrogen-bond acceptors (Lipinski definition) is 7. The van der Waals surface area contributed by atoms with E-state index in [0.29, 0.717) is 6.04 Å². The van der Waals surface area contributed by atoms with Gasteiger partial charge in [-0.05, 0) is 6.42 Å². The molecule has 1 saturated heterocycles. The zero-order chi connectivity index (χ0) is 19.9. The van der Waals surface area contributed by atoms with Gasteiger partial charge < -0.3 is 19.7 Å². The molecular formula is C20H27N5O2S. The monoisotopic (exact) mass is 401 g/mol. The fourth-order valence-electron chi connectivity index (χ4n) is 3.38. The van der Waals surface area contributed by atoms with E-state index < -0.39 is 0 Å². The standard InChI is InChI=1S/C20H27N5O2S/c1-20(2,3)17-12-25-19(22-17)28-18(23-25)21-13-6-7-24(11-13)14-8-15(26-4)10-16(9-14)27-5/h8-10,12-13H,6-7,11H2,1-5H3,(H,21,23). The van der Waals surface area contributed by atoms with E-state index in [1.807, 2.05) is 16.8 Å². The van der Waals surface area contributed by atoms with E-state index in [9.17, 15) is 0 Å². The molecule has 1 unspecified atom stereocenters. The summed E-state index contributed by atoms with van der Waals surface area (Å²) in [6.45, 7) is 8.38. The lowest BCUT2D eigenvalue weighted by Gasteiger charge is -2.20. The Kier molecular flexibility index (Phi) is 4.82. The first-order valence-electron chi connectivity index (χ1n) is 9.47. The minimum absolute atomic E-state index is 0.0325. The number of fused-ring (bicyclic) bond motifs is 1. The molecule has 1 fully saturated rings. The van der Waals surface area contributed by atoms with Crippen LogP contribution in [0.1, 0.15) is 32.9 Å². The Morgan fingerprint density at radius 2 is 1.86 bits per heavy atom. The normalized spacial score (nSPS) is 17.3. The first-order chi connectivity index (χ1) is 13.4. The molecule has 1 aliphatic heterocycles. The highest BCUT2D eigenvalue weighted by molar-refractivity contribution is 7.20. The number of rotatable bonds is 5. The quantitative estimate of drug-likeness (QED) is 0.702. The van der Waals surface area contributed by atoms with E-state index in [0.717, 1.165) is 52.5 Å². The number of ether oxygens (including phenoxy) is 2. The average Bonchev–Trinajstić information content (AvgIpc) is 3.35. The van der Waals surface area contributed by atoms with Crippen molar-refractivity contribution in [1.82, 2.24) is 14.6 Å². The van der Waals surface area contributed by atoms with Gasteiger partial charge in [0.05, 0.1) is 26.1 Å². The highest BCUT2D eigenvalue weighted by Gasteiger charge is 2.25. The van der Waals surface area contributed by atoms with Crippen molar-refractivity contribution in [2.75, 3.05) is 37.5 Å². The Labute approximate surface area is 169 Å². The number of hydrogen-bond donors (Lipinski definition) is 1. The van der Waals surface area contributed by atoms with Crippen LogP contribution in [0.4, 0.5) is 10.8 Å². The number of benzene rings is 1. The number of aromatic nitrogens is 3. The van der Waals surface area contributed by atoms with E-state index in [-0.39, 0.29) is 5.41 Å². The molecule has 1 N–H and O–H groups in total. The molecule has 4 rings (SSSR count). The number of methoxy groups -OCH3 is 2. The molecule has 28 heavy (non-hydrogen) atoms. The van der Waals surface area contributed by atoms with E-state index in [4.69, 9.17) is 14.5 Å². The summed E-state index contributed by atoms with van der Waals surface area (Å²) in [7, 11) is 3.35. The van der Waals surface area contributed by atoms with Gasteiger partial charge in [-0.15, -0.1) is 5.10 Å². The Bertz CT molecular complexity index is 921. The second-order valence-corrected chi connectivity index (χ2v) is 9.11. The third kappa shape index (κ3) is 3.73. The third-order valence-electron chi connectivity index (χ3n) is 5.03. The number of anilines is 2. The molecule has 1 atom stereocenters. The van der Waals surface area contributed by atoms with Gasteiger partial charge in [0.1, 0.15) is 11.5 Å². The number of nitrogens with zero attached hydrogens (tertiary/aromatic N) is 4. The smallest absolute Gasteiger partial charge is 0.214 e. The molecule has 3 aromatic rings. The summed E-state index contributed by atoms with van der Waals surface area (Å²) in [6.07, 6.45) is 3.08. The van der Waals surface area contributed by atoms with Crippen LogP contribution in [-0.4, -0.2) is 47.9 Å². The van der Waals surface area contributed by atoms with Gasteiger partial charge in [-0.1, -0.05) is 32.1 Å². The predicted molar refractivity (Wildman–Crippen MR) is 113 cm³/mol. The summed E-state index contributed by atoms with van der Waals surface area (Å²) >= 11 is 1.60. The summed E-state index contributed by atoms with van der Waals surface area (Å²) in [5, 5.41) is 9.15. The van der Waals surface area contributed by atoms with Crippen molar-refractivity contribution in [3.05, 3.63) is 30.1 Å². The van der Waals surface area contributed by atoms with Crippen LogP contribution in [0.5, 0.6) is 11.5 Å². The fourth-order valence-corrected chi connectivity index (χ4v) is 4.24. The van der Waals surface area contributed by atoms with Crippen LogP contribution >= 0.6 is 11.3 Å². The lowest BCUT2D eigenvalue weighted by atomic mass is 9.93. The molecule has 0 bridgehead atoms. The minimum atomic E-state index is 0.0325. The summed E-state index contributed by atoms with van der Waals surface area (Å²) < 4.78 is 12.7. The molecule has 0 aliphatic carbocycles. The zero-order valence-corrected chi connectivity index (χ0v) is 17.8. The van der Waals surface area contributed by atoms with E-state index >= 15 is 0 Å². The highest BCUT2D eigenvalue weighted by atomic mass is 32.1. The molecule has 150 valence electrons. The van der Waals surface area contributed by atoms with Gasteiger partial charge >= 0.3 is 0 Å². The Morgan fingerprint density at radius 3 is 2.46 bits per heavy atom. The topological polar surface area (TPSA) is 63.9 Å². The Balaban J connectivity index is 1.45. The van der Waals surface area contributed by atoms with Crippen molar-refractivity contribution in [3.8, 4) is 11.5 Å². The molecule has 1 aliphatic rings. The second-order valence-electron chi connectivity index (χ2n) is 8.16. The maximum atomic E-state index is 5.40. The van der Waals surface area contributed by atoms with Gasteiger partial charge in [-0.2, -0.15) is 0 Å². The van der Waals surface area contributed by atoms with Crippen LogP contribution in [0.2, 0.25) is 0 Å². The van der Waals surface area contributed by atoms with Crippen molar-refractivity contribution in [2.45, 2.75) is 38.6 Å². The van der Waals surface area contributed by atoms with Crippen LogP contribution < -0.4 is 19.7 Å². The van der Waals surface area contributed by atoms with E-state index in [1.54, 1.807) is 25.6 Å². The SMILES string of the molecule is COc1cc(OC)cc(N2CCC(Nc3nn4cc(C(C)(C)C)nc4s3)C2)c1. The van der Waals surface area contributed by atoms with Crippen molar-refractivity contribution in [2.24, 2.45) is 0 Å². The highest BCUT2D eigenvalue weighted by Crippen LogP contribution is 2.32. The van der Waals surface area contributed by atoms with Gasteiger partial charge in [-0.3, -0.25) is 0 Å². The van der Waals surface area contributed by atoms with Crippen molar-refractivity contribution < 1.29 is 9.47 Å². The molecule has 7 nitrogen and oxygen atoms in total. The first-order valence-corrected chi connectivity index (χ1v) is 10.3.